The van der Waals surface area contributed by atoms with Crippen LogP contribution >= 0.6 is 0 Å². The summed E-state index contributed by atoms with van der Waals surface area (Å²) in [6, 6.07) is 4.90. The number of nitrogen functional groups attached to an aromatic ring is 1. The number of nitrogens with two attached hydrogens (primary N) is 1. The Morgan fingerprint density at radius 2 is 2.11 bits per heavy atom. The van der Waals surface area contributed by atoms with Crippen LogP contribution in [0.1, 0.15) is 25.3 Å². The van der Waals surface area contributed by atoms with E-state index in [2.05, 4.69) is 4.72 Å². The van der Waals surface area contributed by atoms with E-state index in [0.717, 1.165) is 18.4 Å². The highest BCUT2D eigenvalue weighted by molar-refractivity contribution is 7.89. The van der Waals surface area contributed by atoms with Crippen LogP contribution in [0, 0.1) is 6.92 Å². The summed E-state index contributed by atoms with van der Waals surface area (Å²) in [5.41, 5.74) is 7.00. The van der Waals surface area contributed by atoms with Crippen molar-refractivity contribution in [3.8, 4) is 0 Å². The lowest BCUT2D eigenvalue weighted by Gasteiger charge is -2.35. The zero-order valence-electron chi connectivity index (χ0n) is 11.2. The number of benzene rings is 1. The van der Waals surface area contributed by atoms with Crippen LogP contribution in [0.5, 0.6) is 0 Å². The first kappa shape index (κ1) is 14.3. The van der Waals surface area contributed by atoms with Gasteiger partial charge in [0, 0.05) is 12.6 Å². The predicted molar refractivity (Wildman–Crippen MR) is 74.3 cm³/mol. The number of hydrogen-bond acceptors (Lipinski definition) is 4. The molecule has 0 bridgehead atoms. The van der Waals surface area contributed by atoms with Crippen LogP contribution in [0.15, 0.2) is 23.1 Å². The van der Waals surface area contributed by atoms with Gasteiger partial charge >= 0.3 is 0 Å². The molecular weight excluding hydrogens is 264 g/mol. The molecule has 0 aliphatic heterocycles. The number of nitrogens with one attached hydrogen (secondary N) is 1. The molecule has 1 aromatic rings. The highest BCUT2D eigenvalue weighted by Crippen LogP contribution is 2.26. The molecule has 106 valence electrons. The van der Waals surface area contributed by atoms with Crippen LogP contribution in [0.25, 0.3) is 0 Å². The fourth-order valence-electron chi connectivity index (χ4n) is 2.23. The molecule has 1 saturated carbocycles. The predicted octanol–water partition coefficient (Wildman–Crippen LogP) is 1.42. The molecule has 0 heterocycles. The second kappa shape index (κ2) is 5.48. The van der Waals surface area contributed by atoms with Gasteiger partial charge in [0.05, 0.1) is 11.8 Å². The lowest BCUT2D eigenvalue weighted by atomic mass is 9.90. The molecule has 1 aliphatic rings. The van der Waals surface area contributed by atoms with Gasteiger partial charge in [0.15, 0.2) is 0 Å². The molecule has 1 aliphatic carbocycles. The molecular formula is C13H20N2O3S. The van der Waals surface area contributed by atoms with Gasteiger partial charge in [-0.1, -0.05) is 6.07 Å². The van der Waals surface area contributed by atoms with E-state index in [1.807, 2.05) is 13.8 Å². The lowest BCUT2D eigenvalue weighted by Crippen LogP contribution is -2.47. The number of ether oxygens (including phenoxy) is 1. The minimum atomic E-state index is -3.54. The summed E-state index contributed by atoms with van der Waals surface area (Å²) in [7, 11) is -3.54. The van der Waals surface area contributed by atoms with E-state index in [4.69, 9.17) is 10.5 Å². The van der Waals surface area contributed by atoms with Crippen molar-refractivity contribution in [3.63, 3.8) is 0 Å². The molecule has 0 unspecified atom stereocenters. The van der Waals surface area contributed by atoms with Crippen molar-refractivity contribution >= 4 is 15.7 Å². The van der Waals surface area contributed by atoms with Crippen molar-refractivity contribution in [2.45, 2.75) is 43.7 Å². The zero-order chi connectivity index (χ0) is 14.0. The molecule has 1 fully saturated rings. The number of sulfonamides is 1. The highest BCUT2D eigenvalue weighted by atomic mass is 32.2. The van der Waals surface area contributed by atoms with Crippen molar-refractivity contribution in [1.29, 1.82) is 0 Å². The van der Waals surface area contributed by atoms with Gasteiger partial charge in [-0.3, -0.25) is 0 Å². The quantitative estimate of drug-likeness (QED) is 0.801. The van der Waals surface area contributed by atoms with E-state index in [1.54, 1.807) is 18.2 Å². The summed E-state index contributed by atoms with van der Waals surface area (Å²) in [5.74, 6) is 0. The van der Waals surface area contributed by atoms with E-state index < -0.39 is 10.0 Å². The third kappa shape index (κ3) is 3.26. The first-order valence-electron chi connectivity index (χ1n) is 6.42. The Morgan fingerprint density at radius 1 is 1.42 bits per heavy atom. The molecule has 0 atom stereocenters. The molecule has 0 aromatic heterocycles. The van der Waals surface area contributed by atoms with E-state index in [-0.39, 0.29) is 22.7 Å². The summed E-state index contributed by atoms with van der Waals surface area (Å²) in [4.78, 5) is 0.151. The van der Waals surface area contributed by atoms with Crippen molar-refractivity contribution < 1.29 is 13.2 Å². The first-order valence-corrected chi connectivity index (χ1v) is 7.90. The number of aryl methyl sites for hydroxylation is 1. The van der Waals surface area contributed by atoms with Gasteiger partial charge in [-0.05, 0) is 44.4 Å². The Labute approximate surface area is 114 Å². The molecule has 6 heteroatoms. The second-order valence-corrected chi connectivity index (χ2v) is 6.59. The minimum Gasteiger partial charge on any atom is -0.398 e. The third-order valence-electron chi connectivity index (χ3n) is 3.27. The van der Waals surface area contributed by atoms with E-state index in [0.29, 0.717) is 6.61 Å². The van der Waals surface area contributed by atoms with Crippen LogP contribution < -0.4 is 10.5 Å². The normalized spacial score (nSPS) is 23.1. The van der Waals surface area contributed by atoms with Gasteiger partial charge in [0.2, 0.25) is 10.0 Å². The van der Waals surface area contributed by atoms with Crippen molar-refractivity contribution in [3.05, 3.63) is 23.8 Å². The molecule has 1 aromatic carbocycles. The molecule has 0 spiro atoms. The molecule has 19 heavy (non-hydrogen) atoms. The molecule has 3 N–H and O–H groups in total. The Bertz CT molecular complexity index is 551. The van der Waals surface area contributed by atoms with Crippen LogP contribution in [0.4, 0.5) is 5.69 Å². The zero-order valence-corrected chi connectivity index (χ0v) is 12.0. The van der Waals surface area contributed by atoms with Crippen LogP contribution in [0.3, 0.4) is 0 Å². The number of rotatable bonds is 5. The maximum absolute atomic E-state index is 12.2. The average molecular weight is 284 g/mol. The Morgan fingerprint density at radius 3 is 2.68 bits per heavy atom. The van der Waals surface area contributed by atoms with Crippen molar-refractivity contribution in [2.24, 2.45) is 0 Å². The maximum atomic E-state index is 12.2. The summed E-state index contributed by atoms with van der Waals surface area (Å²) >= 11 is 0. The Kier molecular flexibility index (Phi) is 4.13. The van der Waals surface area contributed by atoms with Crippen LogP contribution in [-0.2, 0) is 14.8 Å². The summed E-state index contributed by atoms with van der Waals surface area (Å²) < 4.78 is 32.5. The lowest BCUT2D eigenvalue weighted by molar-refractivity contribution is -0.00475. The van der Waals surface area contributed by atoms with Crippen LogP contribution in [-0.4, -0.2) is 27.2 Å². The van der Waals surface area contributed by atoms with Gasteiger partial charge in [0.25, 0.3) is 0 Å². The van der Waals surface area contributed by atoms with Crippen molar-refractivity contribution in [2.75, 3.05) is 12.3 Å². The summed E-state index contributed by atoms with van der Waals surface area (Å²) in [6.07, 6.45) is 1.62. The first-order chi connectivity index (χ1) is 8.92. The van der Waals surface area contributed by atoms with Gasteiger partial charge in [0.1, 0.15) is 4.90 Å². The fourth-order valence-corrected chi connectivity index (χ4v) is 3.60. The Hall–Kier alpha value is -1.11. The molecule has 0 radical (unpaired) electrons. The van der Waals surface area contributed by atoms with E-state index in [1.165, 1.54) is 0 Å². The standard InChI is InChI=1S/C13H20N2O3S/c1-3-18-11-7-10(8-11)15-19(16,17)13-5-4-9(2)6-12(13)14/h4-6,10-11,15H,3,7-8,14H2,1-2H3. The third-order valence-corrected chi connectivity index (χ3v) is 4.87. The molecule has 0 saturated heterocycles. The topological polar surface area (TPSA) is 81.4 Å². The van der Waals surface area contributed by atoms with Gasteiger partial charge in [-0.25, -0.2) is 13.1 Å². The number of anilines is 1. The van der Waals surface area contributed by atoms with E-state index in [9.17, 15) is 8.42 Å². The summed E-state index contributed by atoms with van der Waals surface area (Å²) in [5, 5.41) is 0. The SMILES string of the molecule is CCOC1CC(NS(=O)(=O)c2ccc(C)cc2N)C1. The smallest absolute Gasteiger partial charge is 0.242 e. The second-order valence-electron chi connectivity index (χ2n) is 4.91. The van der Waals surface area contributed by atoms with E-state index >= 15 is 0 Å². The monoisotopic (exact) mass is 284 g/mol. The fraction of sp³-hybridized carbons (Fsp3) is 0.538. The van der Waals surface area contributed by atoms with Crippen LogP contribution in [0.2, 0.25) is 0 Å². The number of hydrogen-bond donors (Lipinski definition) is 2. The maximum Gasteiger partial charge on any atom is 0.242 e. The van der Waals surface area contributed by atoms with Crippen molar-refractivity contribution in [1.82, 2.24) is 4.72 Å². The minimum absolute atomic E-state index is 0.0535. The molecule has 2 rings (SSSR count). The summed E-state index contributed by atoms with van der Waals surface area (Å²) in [6.45, 7) is 4.47. The Balaban J connectivity index is 2.03. The largest absolute Gasteiger partial charge is 0.398 e. The van der Waals surface area contributed by atoms with Gasteiger partial charge in [-0.15, -0.1) is 0 Å². The highest BCUT2D eigenvalue weighted by Gasteiger charge is 2.33. The molecule has 5 nitrogen and oxygen atoms in total. The van der Waals surface area contributed by atoms with Gasteiger partial charge < -0.3 is 10.5 Å². The average Bonchev–Trinajstić information content (AvgIpc) is 2.25. The molecule has 0 amide bonds. The van der Waals surface area contributed by atoms with Gasteiger partial charge in [-0.2, -0.15) is 0 Å².